The second-order valence-corrected chi connectivity index (χ2v) is 6.84. The number of nitrogens with one attached hydrogen (secondary N) is 1. The number of hydrogen-bond acceptors (Lipinski definition) is 5. The van der Waals surface area contributed by atoms with Crippen molar-refractivity contribution in [3.8, 4) is 0 Å². The van der Waals surface area contributed by atoms with Gasteiger partial charge in [0, 0.05) is 24.0 Å². The van der Waals surface area contributed by atoms with Crippen molar-refractivity contribution in [2.75, 3.05) is 31.1 Å². The van der Waals surface area contributed by atoms with Crippen LogP contribution < -0.4 is 10.2 Å². The number of fused-ring (bicyclic) bond motifs is 1. The SMILES string of the molecule is CCCNC1CCCc2nc(N3CCOC(C)C3)sc21. The van der Waals surface area contributed by atoms with Gasteiger partial charge < -0.3 is 15.0 Å². The fourth-order valence-corrected chi connectivity index (χ4v) is 4.30. The summed E-state index contributed by atoms with van der Waals surface area (Å²) in [6.45, 7) is 8.24. The van der Waals surface area contributed by atoms with Crippen molar-refractivity contribution in [1.82, 2.24) is 10.3 Å². The largest absolute Gasteiger partial charge is 0.375 e. The highest BCUT2D eigenvalue weighted by Crippen LogP contribution is 2.37. The first kappa shape index (κ1) is 14.3. The molecular formula is C15H25N3OS. The van der Waals surface area contributed by atoms with Gasteiger partial charge in [-0.25, -0.2) is 4.98 Å². The lowest BCUT2D eigenvalue weighted by Crippen LogP contribution is -2.41. The van der Waals surface area contributed by atoms with Gasteiger partial charge >= 0.3 is 0 Å². The maximum absolute atomic E-state index is 5.63. The van der Waals surface area contributed by atoms with Crippen molar-refractivity contribution in [3.63, 3.8) is 0 Å². The zero-order valence-electron chi connectivity index (χ0n) is 12.5. The van der Waals surface area contributed by atoms with Gasteiger partial charge in [0.2, 0.25) is 0 Å². The molecule has 0 bridgehead atoms. The molecule has 20 heavy (non-hydrogen) atoms. The molecule has 2 heterocycles. The summed E-state index contributed by atoms with van der Waals surface area (Å²) >= 11 is 1.90. The normalized spacial score (nSPS) is 26.6. The second-order valence-electron chi connectivity index (χ2n) is 5.83. The monoisotopic (exact) mass is 295 g/mol. The van der Waals surface area contributed by atoms with Gasteiger partial charge in [0.05, 0.1) is 18.4 Å². The number of nitrogens with zero attached hydrogens (tertiary/aromatic N) is 2. The number of hydrogen-bond donors (Lipinski definition) is 1. The topological polar surface area (TPSA) is 37.4 Å². The molecule has 1 saturated heterocycles. The minimum Gasteiger partial charge on any atom is -0.375 e. The summed E-state index contributed by atoms with van der Waals surface area (Å²) < 4.78 is 5.63. The first-order chi connectivity index (χ1) is 9.78. The predicted octanol–water partition coefficient (Wildman–Crippen LogP) is 2.75. The van der Waals surface area contributed by atoms with Crippen molar-refractivity contribution >= 4 is 16.5 Å². The molecule has 0 radical (unpaired) electrons. The minimum absolute atomic E-state index is 0.318. The Kier molecular flexibility index (Phi) is 4.58. The van der Waals surface area contributed by atoms with Gasteiger partial charge in [0.15, 0.2) is 5.13 Å². The highest BCUT2D eigenvalue weighted by atomic mass is 32.1. The molecule has 1 aliphatic carbocycles. The number of ether oxygens (including phenoxy) is 1. The van der Waals surface area contributed by atoms with Crippen molar-refractivity contribution in [3.05, 3.63) is 10.6 Å². The fraction of sp³-hybridized carbons (Fsp3) is 0.800. The van der Waals surface area contributed by atoms with E-state index in [9.17, 15) is 0 Å². The molecule has 1 N–H and O–H groups in total. The third-order valence-corrected chi connectivity index (χ3v) is 5.36. The van der Waals surface area contributed by atoms with E-state index in [2.05, 4.69) is 24.1 Å². The Morgan fingerprint density at radius 3 is 3.20 bits per heavy atom. The maximum atomic E-state index is 5.63. The van der Waals surface area contributed by atoms with Crippen molar-refractivity contribution in [1.29, 1.82) is 0 Å². The number of anilines is 1. The lowest BCUT2D eigenvalue weighted by Gasteiger charge is -2.30. The molecule has 1 aliphatic heterocycles. The van der Waals surface area contributed by atoms with E-state index in [1.54, 1.807) is 0 Å². The smallest absolute Gasteiger partial charge is 0.186 e. The number of aryl methyl sites for hydroxylation is 1. The highest BCUT2D eigenvalue weighted by Gasteiger charge is 2.27. The molecule has 0 saturated carbocycles. The van der Waals surface area contributed by atoms with Gasteiger partial charge in [-0.1, -0.05) is 18.3 Å². The van der Waals surface area contributed by atoms with Crippen molar-refractivity contribution in [2.24, 2.45) is 0 Å². The summed E-state index contributed by atoms with van der Waals surface area (Å²) in [7, 11) is 0. The van der Waals surface area contributed by atoms with Crippen LogP contribution in [0.5, 0.6) is 0 Å². The average Bonchev–Trinajstić information content (AvgIpc) is 2.89. The van der Waals surface area contributed by atoms with Gasteiger partial charge in [-0.2, -0.15) is 0 Å². The Morgan fingerprint density at radius 1 is 1.50 bits per heavy atom. The molecular weight excluding hydrogens is 270 g/mol. The third kappa shape index (κ3) is 3.00. The van der Waals surface area contributed by atoms with Crippen molar-refractivity contribution < 1.29 is 4.74 Å². The molecule has 5 heteroatoms. The molecule has 2 atom stereocenters. The molecule has 112 valence electrons. The molecule has 0 aromatic carbocycles. The maximum Gasteiger partial charge on any atom is 0.186 e. The molecule has 4 nitrogen and oxygen atoms in total. The van der Waals surface area contributed by atoms with E-state index in [4.69, 9.17) is 9.72 Å². The summed E-state index contributed by atoms with van der Waals surface area (Å²) in [5.74, 6) is 0. The summed E-state index contributed by atoms with van der Waals surface area (Å²) in [5.41, 5.74) is 1.34. The summed E-state index contributed by atoms with van der Waals surface area (Å²) in [5, 5.41) is 4.88. The van der Waals surface area contributed by atoms with Gasteiger partial charge in [-0.15, -0.1) is 0 Å². The van der Waals surface area contributed by atoms with Crippen LogP contribution in [0.2, 0.25) is 0 Å². The first-order valence-corrected chi connectivity index (χ1v) is 8.69. The number of rotatable bonds is 4. The highest BCUT2D eigenvalue weighted by molar-refractivity contribution is 7.15. The zero-order chi connectivity index (χ0) is 13.9. The fourth-order valence-electron chi connectivity index (χ4n) is 3.05. The van der Waals surface area contributed by atoms with Crippen molar-refractivity contribution in [2.45, 2.75) is 51.7 Å². The Morgan fingerprint density at radius 2 is 2.40 bits per heavy atom. The van der Waals surface area contributed by atoms with Crippen LogP contribution in [0.3, 0.4) is 0 Å². The molecule has 2 aliphatic rings. The molecule has 1 aromatic heterocycles. The van der Waals surface area contributed by atoms with E-state index < -0.39 is 0 Å². The van der Waals surface area contributed by atoms with E-state index in [0.717, 1.165) is 32.7 Å². The lowest BCUT2D eigenvalue weighted by atomic mass is 9.98. The standard InChI is InChI=1S/C15H25N3OS/c1-3-7-16-12-5-4-6-13-14(12)20-15(17-13)18-8-9-19-11(2)10-18/h11-12,16H,3-10H2,1-2H3. The molecule has 0 amide bonds. The van der Waals surface area contributed by atoms with Gasteiger partial charge in [-0.3, -0.25) is 0 Å². The number of morpholine rings is 1. The van der Waals surface area contributed by atoms with Crippen LogP contribution in [-0.4, -0.2) is 37.3 Å². The van der Waals surface area contributed by atoms with Crippen LogP contribution in [0, 0.1) is 0 Å². The van der Waals surface area contributed by atoms with E-state index in [1.807, 2.05) is 11.3 Å². The second kappa shape index (κ2) is 6.41. The summed E-state index contributed by atoms with van der Waals surface area (Å²) in [6, 6.07) is 0.531. The molecule has 1 fully saturated rings. The Labute approximate surface area is 125 Å². The van der Waals surface area contributed by atoms with Crippen LogP contribution in [0.25, 0.3) is 0 Å². The molecule has 0 spiro atoms. The Bertz CT molecular complexity index is 448. The third-order valence-electron chi connectivity index (χ3n) is 4.09. The predicted molar refractivity (Wildman–Crippen MR) is 83.7 cm³/mol. The minimum atomic E-state index is 0.318. The molecule has 2 unspecified atom stereocenters. The van der Waals surface area contributed by atoms with Crippen LogP contribution in [-0.2, 0) is 11.2 Å². The zero-order valence-corrected chi connectivity index (χ0v) is 13.3. The summed E-state index contributed by atoms with van der Waals surface area (Å²) in [4.78, 5) is 8.80. The number of thiazole rings is 1. The number of aromatic nitrogens is 1. The Hall–Kier alpha value is -0.650. The van der Waals surface area contributed by atoms with Crippen LogP contribution in [0.4, 0.5) is 5.13 Å². The first-order valence-electron chi connectivity index (χ1n) is 7.87. The molecule has 1 aromatic rings. The van der Waals surface area contributed by atoms with Gasteiger partial charge in [0.1, 0.15) is 0 Å². The van der Waals surface area contributed by atoms with E-state index >= 15 is 0 Å². The average molecular weight is 295 g/mol. The van der Waals surface area contributed by atoms with Crippen LogP contribution >= 0.6 is 11.3 Å². The lowest BCUT2D eigenvalue weighted by molar-refractivity contribution is 0.0532. The van der Waals surface area contributed by atoms with Crippen LogP contribution in [0.15, 0.2) is 0 Å². The van der Waals surface area contributed by atoms with E-state index in [0.29, 0.717) is 12.1 Å². The van der Waals surface area contributed by atoms with E-state index in [-0.39, 0.29) is 0 Å². The van der Waals surface area contributed by atoms with Gasteiger partial charge in [0.25, 0.3) is 0 Å². The Balaban J connectivity index is 1.76. The van der Waals surface area contributed by atoms with E-state index in [1.165, 1.54) is 35.0 Å². The quantitative estimate of drug-likeness (QED) is 0.927. The molecule has 3 rings (SSSR count). The summed E-state index contributed by atoms with van der Waals surface area (Å²) in [6.07, 6.45) is 5.18. The van der Waals surface area contributed by atoms with Gasteiger partial charge in [-0.05, 0) is 39.2 Å². The van der Waals surface area contributed by atoms with Crippen LogP contribution in [0.1, 0.15) is 49.7 Å².